The molecular weight excluding hydrogens is 272 g/mol. The van der Waals surface area contributed by atoms with Gasteiger partial charge in [-0.2, -0.15) is 0 Å². The fourth-order valence-corrected chi connectivity index (χ4v) is 1.52. The first kappa shape index (κ1) is 20.8. The van der Waals surface area contributed by atoms with Crippen LogP contribution in [0.2, 0.25) is 0 Å². The summed E-state index contributed by atoms with van der Waals surface area (Å²) in [6, 6.07) is 0. The molecule has 0 heterocycles. The number of ether oxygens (including phenoxy) is 4. The third-order valence-corrected chi connectivity index (χ3v) is 2.66. The van der Waals surface area contributed by atoms with E-state index >= 15 is 0 Å². The van der Waals surface area contributed by atoms with Crippen LogP contribution in [0.5, 0.6) is 0 Å². The van der Waals surface area contributed by atoms with Crippen molar-refractivity contribution in [1.82, 2.24) is 0 Å². The number of aliphatic hydroxyl groups excluding tert-OH is 1. The van der Waals surface area contributed by atoms with E-state index in [1.54, 1.807) is 6.92 Å². The summed E-state index contributed by atoms with van der Waals surface area (Å²) in [7, 11) is 0. The average Bonchev–Trinajstić information content (AvgIpc) is 2.40. The van der Waals surface area contributed by atoms with Gasteiger partial charge in [-0.3, -0.25) is 0 Å². The summed E-state index contributed by atoms with van der Waals surface area (Å²) in [4.78, 5) is 0. The number of hydrogen-bond acceptors (Lipinski definition) is 5. The lowest BCUT2D eigenvalue weighted by molar-refractivity contribution is -0.0874. The highest BCUT2D eigenvalue weighted by atomic mass is 16.6. The minimum Gasteiger partial charge on any atom is -0.391 e. The maximum Gasteiger partial charge on any atom is 0.0781 e. The van der Waals surface area contributed by atoms with Crippen molar-refractivity contribution in [1.29, 1.82) is 0 Å². The highest BCUT2D eigenvalue weighted by molar-refractivity contribution is 4.56. The minimum absolute atomic E-state index is 0.00940. The van der Waals surface area contributed by atoms with Crippen LogP contribution in [0.25, 0.3) is 0 Å². The molecule has 0 aliphatic carbocycles. The lowest BCUT2D eigenvalue weighted by atomic mass is 10.2. The third kappa shape index (κ3) is 14.5. The summed E-state index contributed by atoms with van der Waals surface area (Å²) in [5, 5.41) is 9.13. The molecule has 0 radical (unpaired) electrons. The second-order valence-corrected chi connectivity index (χ2v) is 6.21. The Hall–Kier alpha value is -0.200. The van der Waals surface area contributed by atoms with Gasteiger partial charge in [0.2, 0.25) is 0 Å². The summed E-state index contributed by atoms with van der Waals surface area (Å²) < 4.78 is 22.3. The Balaban J connectivity index is 3.58. The van der Waals surface area contributed by atoms with Gasteiger partial charge in [-0.15, -0.1) is 0 Å². The summed E-state index contributed by atoms with van der Waals surface area (Å²) in [5.74, 6) is 0.544. The molecule has 21 heavy (non-hydrogen) atoms. The molecular formula is C16H34O5. The van der Waals surface area contributed by atoms with E-state index in [1.807, 2.05) is 20.8 Å². The van der Waals surface area contributed by atoms with Gasteiger partial charge < -0.3 is 24.1 Å². The van der Waals surface area contributed by atoms with Crippen molar-refractivity contribution in [3.63, 3.8) is 0 Å². The van der Waals surface area contributed by atoms with Crippen LogP contribution < -0.4 is 0 Å². The number of hydrogen-bond donors (Lipinski definition) is 1. The Morgan fingerprint density at radius 2 is 1.05 bits per heavy atom. The maximum atomic E-state index is 9.13. The highest BCUT2D eigenvalue weighted by Gasteiger charge is 2.10. The number of rotatable bonds is 13. The molecule has 0 saturated carbocycles. The lowest BCUT2D eigenvalue weighted by Gasteiger charge is -2.20. The Bertz CT molecular complexity index is 233. The van der Waals surface area contributed by atoms with Crippen LogP contribution in [0.4, 0.5) is 0 Å². The van der Waals surface area contributed by atoms with Gasteiger partial charge in [0.1, 0.15) is 0 Å². The molecule has 0 aliphatic heterocycles. The van der Waals surface area contributed by atoms with Crippen LogP contribution in [0, 0.1) is 5.92 Å². The lowest BCUT2D eigenvalue weighted by Crippen LogP contribution is -2.28. The van der Waals surface area contributed by atoms with Crippen LogP contribution in [0.15, 0.2) is 0 Å². The average molecular weight is 306 g/mol. The van der Waals surface area contributed by atoms with Gasteiger partial charge in [-0.1, -0.05) is 13.8 Å². The Morgan fingerprint density at radius 1 is 0.619 bits per heavy atom. The Morgan fingerprint density at radius 3 is 1.48 bits per heavy atom. The van der Waals surface area contributed by atoms with E-state index < -0.39 is 6.10 Å². The normalized spacial score (nSPS) is 17.7. The Labute approximate surface area is 129 Å². The van der Waals surface area contributed by atoms with Crippen molar-refractivity contribution in [2.45, 2.75) is 66.0 Å². The zero-order chi connectivity index (χ0) is 16.3. The van der Waals surface area contributed by atoms with Crippen molar-refractivity contribution in [2.75, 3.05) is 33.0 Å². The van der Waals surface area contributed by atoms with Crippen molar-refractivity contribution >= 4 is 0 Å². The summed E-state index contributed by atoms with van der Waals surface area (Å²) in [6.45, 7) is 14.6. The second-order valence-electron chi connectivity index (χ2n) is 6.21. The standard InChI is InChI=1S/C16H34O5/c1-12(2)7-18-9-14(4)20-11-16(6)21-10-15(5)19-8-13(3)17/h12-17H,7-11H2,1-6H3. The van der Waals surface area contributed by atoms with Crippen LogP contribution in [0.1, 0.15) is 41.5 Å². The van der Waals surface area contributed by atoms with Crippen molar-refractivity contribution in [3.8, 4) is 0 Å². The summed E-state index contributed by atoms with van der Waals surface area (Å²) >= 11 is 0. The van der Waals surface area contributed by atoms with Gasteiger partial charge in [-0.05, 0) is 33.6 Å². The smallest absolute Gasteiger partial charge is 0.0781 e. The van der Waals surface area contributed by atoms with E-state index in [1.165, 1.54) is 0 Å². The predicted molar refractivity (Wildman–Crippen MR) is 83.6 cm³/mol. The molecule has 0 aromatic heterocycles. The molecule has 0 aromatic carbocycles. The van der Waals surface area contributed by atoms with E-state index in [0.29, 0.717) is 32.3 Å². The molecule has 5 heteroatoms. The van der Waals surface area contributed by atoms with E-state index in [4.69, 9.17) is 24.1 Å². The van der Waals surface area contributed by atoms with Crippen molar-refractivity contribution < 1.29 is 24.1 Å². The zero-order valence-electron chi connectivity index (χ0n) is 14.5. The van der Waals surface area contributed by atoms with Gasteiger partial charge in [-0.25, -0.2) is 0 Å². The zero-order valence-corrected chi connectivity index (χ0v) is 14.5. The molecule has 4 atom stereocenters. The monoisotopic (exact) mass is 306 g/mol. The molecule has 0 saturated heterocycles. The van der Waals surface area contributed by atoms with Crippen LogP contribution in [-0.4, -0.2) is 62.6 Å². The predicted octanol–water partition coefficient (Wildman–Crippen LogP) is 2.26. The molecule has 1 N–H and O–H groups in total. The van der Waals surface area contributed by atoms with Gasteiger partial charge in [0.25, 0.3) is 0 Å². The highest BCUT2D eigenvalue weighted by Crippen LogP contribution is 2.02. The van der Waals surface area contributed by atoms with Gasteiger partial charge >= 0.3 is 0 Å². The van der Waals surface area contributed by atoms with E-state index in [2.05, 4.69) is 13.8 Å². The Kier molecular flexibility index (Phi) is 12.2. The quantitative estimate of drug-likeness (QED) is 0.565. The molecule has 0 bridgehead atoms. The second kappa shape index (κ2) is 12.4. The van der Waals surface area contributed by atoms with Gasteiger partial charge in [0.15, 0.2) is 0 Å². The van der Waals surface area contributed by atoms with E-state index in [0.717, 1.165) is 6.61 Å². The van der Waals surface area contributed by atoms with Crippen LogP contribution in [-0.2, 0) is 18.9 Å². The first-order valence-electron chi connectivity index (χ1n) is 7.91. The maximum absolute atomic E-state index is 9.13. The summed E-state index contributed by atoms with van der Waals surface area (Å²) in [6.07, 6.45) is -0.400. The molecule has 0 spiro atoms. The van der Waals surface area contributed by atoms with E-state index in [9.17, 15) is 0 Å². The van der Waals surface area contributed by atoms with E-state index in [-0.39, 0.29) is 18.3 Å². The largest absolute Gasteiger partial charge is 0.391 e. The van der Waals surface area contributed by atoms with Crippen LogP contribution in [0.3, 0.4) is 0 Å². The van der Waals surface area contributed by atoms with Crippen molar-refractivity contribution in [2.24, 2.45) is 5.92 Å². The molecule has 5 nitrogen and oxygen atoms in total. The molecule has 0 aromatic rings. The molecule has 0 aliphatic rings. The third-order valence-electron chi connectivity index (χ3n) is 2.66. The molecule has 0 rings (SSSR count). The molecule has 0 fully saturated rings. The van der Waals surface area contributed by atoms with Crippen molar-refractivity contribution in [3.05, 3.63) is 0 Å². The van der Waals surface area contributed by atoms with Gasteiger partial charge in [0.05, 0.1) is 50.8 Å². The fraction of sp³-hybridized carbons (Fsp3) is 1.00. The first-order chi connectivity index (χ1) is 9.81. The topological polar surface area (TPSA) is 57.2 Å². The molecule has 4 unspecified atom stereocenters. The molecule has 0 amide bonds. The van der Waals surface area contributed by atoms with Gasteiger partial charge in [0, 0.05) is 6.61 Å². The number of aliphatic hydroxyl groups is 1. The fourth-order valence-electron chi connectivity index (χ4n) is 1.52. The minimum atomic E-state index is -0.445. The molecule has 128 valence electrons. The SMILES string of the molecule is CC(C)COCC(C)OCC(C)OCC(C)OCC(C)O. The van der Waals surface area contributed by atoms with Crippen LogP contribution >= 0.6 is 0 Å². The first-order valence-corrected chi connectivity index (χ1v) is 7.91. The summed E-state index contributed by atoms with van der Waals surface area (Å²) in [5.41, 5.74) is 0.